The maximum atomic E-state index is 12.8. The van der Waals surface area contributed by atoms with Crippen molar-refractivity contribution in [3.63, 3.8) is 0 Å². The van der Waals surface area contributed by atoms with Gasteiger partial charge in [0, 0.05) is 30.3 Å². The molecule has 0 aromatic heterocycles. The molecule has 0 saturated carbocycles. The number of thioether (sulfide) groups is 2. The molecule has 4 heterocycles. The molecule has 0 radical (unpaired) electrons. The van der Waals surface area contributed by atoms with E-state index in [0.717, 1.165) is 51.2 Å². The molecule has 6 atom stereocenters. The van der Waals surface area contributed by atoms with Crippen LogP contribution in [0.2, 0.25) is 0 Å². The monoisotopic (exact) mass is 457 g/mol. The van der Waals surface area contributed by atoms with Gasteiger partial charge in [0.2, 0.25) is 11.8 Å². The molecule has 168 valence electrons. The molecule has 9 nitrogen and oxygen atoms in total. The molecule has 30 heavy (non-hydrogen) atoms. The number of carbonyl (C=O) groups excluding carboxylic acids is 3. The molecule has 0 aromatic carbocycles. The SMILES string of the molecule is O=C(NC(=O)C1CCSC1NC(=O)C1NC2CNCCC2S1)OCC1CCCNC1. The van der Waals surface area contributed by atoms with E-state index in [1.54, 1.807) is 23.5 Å². The van der Waals surface area contributed by atoms with Crippen LogP contribution in [0.1, 0.15) is 25.7 Å². The summed E-state index contributed by atoms with van der Waals surface area (Å²) in [5, 5.41) is 15.2. The number of nitrogens with one attached hydrogen (secondary N) is 5. The summed E-state index contributed by atoms with van der Waals surface area (Å²) in [5.74, 6) is 0.176. The van der Waals surface area contributed by atoms with E-state index in [2.05, 4.69) is 26.6 Å². The molecule has 4 aliphatic heterocycles. The molecule has 6 unspecified atom stereocenters. The molecular weight excluding hydrogens is 426 g/mol. The Balaban J connectivity index is 1.22. The van der Waals surface area contributed by atoms with Crippen molar-refractivity contribution in [3.8, 4) is 0 Å². The summed E-state index contributed by atoms with van der Waals surface area (Å²) in [7, 11) is 0. The Morgan fingerprint density at radius 3 is 2.70 bits per heavy atom. The molecule has 0 aromatic rings. The van der Waals surface area contributed by atoms with Gasteiger partial charge in [0.1, 0.15) is 5.37 Å². The third kappa shape index (κ3) is 5.61. The molecule has 0 aliphatic carbocycles. The van der Waals surface area contributed by atoms with Gasteiger partial charge in [0.15, 0.2) is 0 Å². The van der Waals surface area contributed by atoms with Crippen molar-refractivity contribution in [3.05, 3.63) is 0 Å². The summed E-state index contributed by atoms with van der Waals surface area (Å²) < 4.78 is 5.24. The fraction of sp³-hybridized carbons (Fsp3) is 0.842. The molecule has 0 bridgehead atoms. The first-order chi connectivity index (χ1) is 14.6. The minimum atomic E-state index is -0.697. The second-order valence-electron chi connectivity index (χ2n) is 8.32. The summed E-state index contributed by atoms with van der Waals surface area (Å²) in [5.41, 5.74) is 0. The quantitative estimate of drug-likeness (QED) is 0.383. The lowest BCUT2D eigenvalue weighted by Gasteiger charge is -2.24. The number of amides is 3. The molecule has 0 spiro atoms. The van der Waals surface area contributed by atoms with Crippen molar-refractivity contribution in [2.45, 2.75) is 47.7 Å². The van der Waals surface area contributed by atoms with Crippen LogP contribution in [0.5, 0.6) is 0 Å². The van der Waals surface area contributed by atoms with E-state index in [9.17, 15) is 14.4 Å². The zero-order valence-corrected chi connectivity index (χ0v) is 18.6. The van der Waals surface area contributed by atoms with Crippen molar-refractivity contribution in [2.24, 2.45) is 11.8 Å². The van der Waals surface area contributed by atoms with Gasteiger partial charge in [-0.05, 0) is 44.5 Å². The van der Waals surface area contributed by atoms with Gasteiger partial charge in [-0.25, -0.2) is 4.79 Å². The van der Waals surface area contributed by atoms with Crippen molar-refractivity contribution in [1.29, 1.82) is 0 Å². The van der Waals surface area contributed by atoms with Gasteiger partial charge >= 0.3 is 6.09 Å². The number of imide groups is 1. The summed E-state index contributed by atoms with van der Waals surface area (Å²) >= 11 is 3.23. The number of rotatable bonds is 5. The molecule has 4 fully saturated rings. The minimum Gasteiger partial charge on any atom is -0.449 e. The van der Waals surface area contributed by atoms with Crippen LogP contribution in [-0.4, -0.2) is 78.5 Å². The summed E-state index contributed by atoms with van der Waals surface area (Å²) in [4.78, 5) is 37.4. The van der Waals surface area contributed by atoms with E-state index < -0.39 is 12.0 Å². The van der Waals surface area contributed by atoms with Crippen LogP contribution in [0.3, 0.4) is 0 Å². The topological polar surface area (TPSA) is 121 Å². The van der Waals surface area contributed by atoms with Crippen LogP contribution in [0.15, 0.2) is 0 Å². The van der Waals surface area contributed by atoms with E-state index in [4.69, 9.17) is 4.74 Å². The van der Waals surface area contributed by atoms with Crippen molar-refractivity contribution in [1.82, 2.24) is 26.6 Å². The Morgan fingerprint density at radius 2 is 1.90 bits per heavy atom. The standard InChI is InChI=1S/C19H31N5O4S2/c25-15(24-19(27)28-10-11-2-1-5-20-8-11)12-4-7-29-17(12)23-16(26)18-22-13-9-21-6-3-14(13)30-18/h11-14,17-18,20-22H,1-10H2,(H,23,26)(H,24,25,27). The van der Waals surface area contributed by atoms with E-state index in [1.807, 2.05) is 0 Å². The van der Waals surface area contributed by atoms with E-state index in [-0.39, 0.29) is 22.6 Å². The maximum absolute atomic E-state index is 12.8. The first kappa shape index (κ1) is 22.2. The molecular formula is C19H31N5O4S2. The predicted octanol–water partition coefficient (Wildman–Crippen LogP) is -0.173. The largest absolute Gasteiger partial charge is 0.449 e. The van der Waals surface area contributed by atoms with E-state index in [0.29, 0.717) is 30.2 Å². The lowest BCUT2D eigenvalue weighted by Crippen LogP contribution is -2.51. The number of carbonyl (C=O) groups is 3. The second-order valence-corrected chi connectivity index (χ2v) is 10.9. The lowest BCUT2D eigenvalue weighted by atomic mass is 10.0. The highest BCUT2D eigenvalue weighted by Gasteiger charge is 2.42. The summed E-state index contributed by atoms with van der Waals surface area (Å²) in [6.07, 6.45) is 3.07. The van der Waals surface area contributed by atoms with Crippen LogP contribution in [0.4, 0.5) is 4.79 Å². The van der Waals surface area contributed by atoms with Gasteiger partial charge in [0.05, 0.1) is 17.9 Å². The van der Waals surface area contributed by atoms with Gasteiger partial charge in [-0.3, -0.25) is 20.2 Å². The van der Waals surface area contributed by atoms with E-state index in [1.165, 1.54) is 0 Å². The Kier molecular flexibility index (Phi) is 7.79. The minimum absolute atomic E-state index is 0.0843. The fourth-order valence-electron chi connectivity index (χ4n) is 4.42. The maximum Gasteiger partial charge on any atom is 0.413 e. The normalized spacial score (nSPS) is 36.0. The molecule has 4 rings (SSSR count). The number of ether oxygens (including phenoxy) is 1. The molecule has 4 saturated heterocycles. The van der Waals surface area contributed by atoms with Gasteiger partial charge < -0.3 is 20.7 Å². The molecule has 5 N–H and O–H groups in total. The van der Waals surface area contributed by atoms with Crippen LogP contribution in [-0.2, 0) is 14.3 Å². The average molecular weight is 458 g/mol. The summed E-state index contributed by atoms with van der Waals surface area (Å²) in [6.45, 7) is 4.01. The number of fused-ring (bicyclic) bond motifs is 1. The van der Waals surface area contributed by atoms with Crippen molar-refractivity contribution in [2.75, 3.05) is 38.5 Å². The molecule has 4 aliphatic rings. The Morgan fingerprint density at radius 1 is 1.03 bits per heavy atom. The van der Waals surface area contributed by atoms with Crippen LogP contribution in [0.25, 0.3) is 0 Å². The first-order valence-corrected chi connectivity index (χ1v) is 12.8. The second kappa shape index (κ2) is 10.5. The molecule has 11 heteroatoms. The number of hydrogen-bond acceptors (Lipinski definition) is 9. The third-order valence-electron chi connectivity index (χ3n) is 6.12. The van der Waals surface area contributed by atoms with Crippen molar-refractivity contribution >= 4 is 41.4 Å². The smallest absolute Gasteiger partial charge is 0.413 e. The molecule has 3 amide bonds. The third-order valence-corrected chi connectivity index (χ3v) is 8.93. The van der Waals surface area contributed by atoms with Gasteiger partial charge in [-0.2, -0.15) is 0 Å². The van der Waals surface area contributed by atoms with Crippen LogP contribution in [0, 0.1) is 11.8 Å². The number of alkyl carbamates (subject to hydrolysis) is 1. The van der Waals surface area contributed by atoms with E-state index >= 15 is 0 Å². The Bertz CT molecular complexity index is 634. The fourth-order valence-corrected chi connectivity index (χ4v) is 7.16. The van der Waals surface area contributed by atoms with Crippen LogP contribution < -0.4 is 26.6 Å². The van der Waals surface area contributed by atoms with Crippen molar-refractivity contribution < 1.29 is 19.1 Å². The number of hydrogen-bond donors (Lipinski definition) is 5. The highest BCUT2D eigenvalue weighted by molar-refractivity contribution is 8.01. The predicted molar refractivity (Wildman–Crippen MR) is 117 cm³/mol. The Labute approximate surface area is 185 Å². The van der Waals surface area contributed by atoms with Gasteiger partial charge in [-0.1, -0.05) is 0 Å². The first-order valence-electron chi connectivity index (χ1n) is 10.8. The highest BCUT2D eigenvalue weighted by Crippen LogP contribution is 2.34. The summed E-state index contributed by atoms with van der Waals surface area (Å²) in [6, 6.07) is 0.309. The van der Waals surface area contributed by atoms with Gasteiger partial charge in [0.25, 0.3) is 0 Å². The zero-order chi connectivity index (χ0) is 20.9. The van der Waals surface area contributed by atoms with Gasteiger partial charge in [-0.15, -0.1) is 23.5 Å². The van der Waals surface area contributed by atoms with Crippen LogP contribution >= 0.6 is 23.5 Å². The number of piperidine rings is 2. The lowest BCUT2D eigenvalue weighted by molar-refractivity contribution is -0.125. The Hall–Kier alpha value is -1.01. The zero-order valence-electron chi connectivity index (χ0n) is 17.0. The highest BCUT2D eigenvalue weighted by atomic mass is 32.2. The average Bonchev–Trinajstić information content (AvgIpc) is 3.40.